The number of hydrogen-bond donors (Lipinski definition) is 2. The van der Waals surface area contributed by atoms with Gasteiger partial charge >= 0.3 is 5.69 Å². The second kappa shape index (κ2) is 10.9. The van der Waals surface area contributed by atoms with E-state index in [0.29, 0.717) is 6.54 Å². The van der Waals surface area contributed by atoms with Crippen molar-refractivity contribution in [3.05, 3.63) is 86.6 Å². The number of carbonyl (C=O) groups excluding carboxylic acids is 1. The van der Waals surface area contributed by atoms with Gasteiger partial charge in [-0.3, -0.25) is 24.0 Å². The summed E-state index contributed by atoms with van der Waals surface area (Å²) in [6.07, 6.45) is 1.59. The van der Waals surface area contributed by atoms with Gasteiger partial charge in [0.15, 0.2) is 5.69 Å². The number of unbranched alkanes of at least 4 members (excludes halogenated alkanes) is 1. The minimum absolute atomic E-state index is 0.0109. The van der Waals surface area contributed by atoms with Crippen LogP contribution >= 0.6 is 11.8 Å². The highest BCUT2D eigenvalue weighted by atomic mass is 32.2. The molecule has 0 spiro atoms. The van der Waals surface area contributed by atoms with Crippen LogP contribution in [-0.2, 0) is 17.9 Å². The first-order valence-electron chi connectivity index (χ1n) is 10.6. The van der Waals surface area contributed by atoms with Crippen molar-refractivity contribution in [1.29, 1.82) is 0 Å². The molecule has 0 saturated heterocycles. The van der Waals surface area contributed by atoms with Gasteiger partial charge in [0.25, 0.3) is 5.56 Å². The molecule has 3 N–H and O–H groups in total. The summed E-state index contributed by atoms with van der Waals surface area (Å²) in [5.41, 5.74) is 7.06. The van der Waals surface area contributed by atoms with Gasteiger partial charge in [-0.15, -0.1) is 11.8 Å². The highest BCUT2D eigenvalue weighted by molar-refractivity contribution is 8.00. The lowest BCUT2D eigenvalue weighted by Gasteiger charge is -2.24. The van der Waals surface area contributed by atoms with E-state index in [4.69, 9.17) is 5.73 Å². The van der Waals surface area contributed by atoms with Crippen LogP contribution in [0, 0.1) is 6.92 Å². The Morgan fingerprint density at radius 1 is 1.09 bits per heavy atom. The van der Waals surface area contributed by atoms with Crippen LogP contribution in [0.1, 0.15) is 30.9 Å². The van der Waals surface area contributed by atoms with Crippen molar-refractivity contribution in [1.82, 2.24) is 9.55 Å². The first-order chi connectivity index (χ1) is 15.4. The van der Waals surface area contributed by atoms with E-state index < -0.39 is 11.2 Å². The fraction of sp³-hybridized carbons (Fsp3) is 0.292. The Kier molecular flexibility index (Phi) is 7.94. The van der Waals surface area contributed by atoms with E-state index in [1.165, 1.54) is 21.2 Å². The molecular formula is C24H28N4O3S. The van der Waals surface area contributed by atoms with Crippen LogP contribution < -0.4 is 21.9 Å². The lowest BCUT2D eigenvalue weighted by molar-refractivity contribution is -0.116. The Morgan fingerprint density at radius 3 is 2.44 bits per heavy atom. The number of aromatic amines is 1. The molecule has 8 heteroatoms. The molecule has 168 valence electrons. The number of H-pyrrole nitrogens is 1. The molecular weight excluding hydrogens is 424 g/mol. The molecule has 1 aromatic heterocycles. The SMILES string of the molecule is CCCCn1c(N)c(N(Cc2ccccc2)C(=O)CSc2ccc(C)cc2)c(=O)[nH]c1=O. The number of aromatic nitrogens is 2. The quantitative estimate of drug-likeness (QED) is 0.484. The Bertz CT molecular complexity index is 1170. The third kappa shape index (κ3) is 5.70. The molecule has 1 heterocycles. The third-order valence-corrected chi connectivity index (χ3v) is 6.08. The van der Waals surface area contributed by atoms with Crippen molar-refractivity contribution in [2.24, 2.45) is 0 Å². The van der Waals surface area contributed by atoms with Crippen LogP contribution in [0.15, 0.2) is 69.1 Å². The minimum atomic E-state index is -0.662. The topological polar surface area (TPSA) is 101 Å². The molecule has 0 aliphatic carbocycles. The Morgan fingerprint density at radius 2 is 1.78 bits per heavy atom. The highest BCUT2D eigenvalue weighted by Gasteiger charge is 2.24. The monoisotopic (exact) mass is 452 g/mol. The van der Waals surface area contributed by atoms with Crippen molar-refractivity contribution in [3.8, 4) is 0 Å². The summed E-state index contributed by atoms with van der Waals surface area (Å²) in [4.78, 5) is 43.1. The van der Waals surface area contributed by atoms with Crippen molar-refractivity contribution in [2.75, 3.05) is 16.4 Å². The fourth-order valence-electron chi connectivity index (χ4n) is 3.29. The molecule has 0 aliphatic rings. The highest BCUT2D eigenvalue weighted by Crippen LogP contribution is 2.24. The standard InChI is InChI=1S/C24H28N4O3S/c1-3-4-14-27-22(25)21(23(30)26-24(27)31)28(15-18-8-6-5-7-9-18)20(29)16-32-19-12-10-17(2)11-13-19/h5-13H,3-4,14-16,25H2,1-2H3,(H,26,30,31). The summed E-state index contributed by atoms with van der Waals surface area (Å²) in [6.45, 7) is 4.55. The third-order valence-electron chi connectivity index (χ3n) is 5.09. The number of thioether (sulfide) groups is 1. The maximum atomic E-state index is 13.3. The van der Waals surface area contributed by atoms with Crippen LogP contribution in [0.3, 0.4) is 0 Å². The number of nitrogens with two attached hydrogens (primary N) is 1. The summed E-state index contributed by atoms with van der Waals surface area (Å²) in [5.74, 6) is -0.128. The Labute approximate surface area is 191 Å². The zero-order valence-corrected chi connectivity index (χ0v) is 19.2. The number of hydrogen-bond acceptors (Lipinski definition) is 5. The van der Waals surface area contributed by atoms with Gasteiger partial charge in [-0.25, -0.2) is 4.79 Å². The molecule has 7 nitrogen and oxygen atoms in total. The second-order valence-electron chi connectivity index (χ2n) is 7.57. The summed E-state index contributed by atoms with van der Waals surface area (Å²) in [7, 11) is 0. The van der Waals surface area contributed by atoms with Gasteiger partial charge in [-0.05, 0) is 31.0 Å². The summed E-state index contributed by atoms with van der Waals surface area (Å²) in [5, 5.41) is 0. The number of amides is 1. The zero-order chi connectivity index (χ0) is 23.1. The average molecular weight is 453 g/mol. The van der Waals surface area contributed by atoms with E-state index >= 15 is 0 Å². The van der Waals surface area contributed by atoms with Crippen molar-refractivity contribution >= 4 is 29.2 Å². The van der Waals surface area contributed by atoms with Crippen LogP contribution in [0.25, 0.3) is 0 Å². The molecule has 2 aromatic carbocycles. The first kappa shape index (κ1) is 23.4. The van der Waals surface area contributed by atoms with Gasteiger partial charge in [0.2, 0.25) is 5.91 Å². The number of aryl methyl sites for hydroxylation is 1. The number of nitrogens with one attached hydrogen (secondary N) is 1. The van der Waals surface area contributed by atoms with Gasteiger partial charge in [-0.1, -0.05) is 61.4 Å². The van der Waals surface area contributed by atoms with E-state index in [9.17, 15) is 14.4 Å². The number of nitrogens with zero attached hydrogens (tertiary/aromatic N) is 2. The Hall–Kier alpha value is -3.26. The number of anilines is 2. The molecule has 0 unspecified atom stereocenters. The predicted octanol–water partition coefficient (Wildman–Crippen LogP) is 3.55. The van der Waals surface area contributed by atoms with E-state index in [0.717, 1.165) is 28.9 Å². The van der Waals surface area contributed by atoms with E-state index in [2.05, 4.69) is 4.98 Å². The van der Waals surface area contributed by atoms with E-state index in [-0.39, 0.29) is 29.7 Å². The number of carbonyl (C=O) groups is 1. The van der Waals surface area contributed by atoms with Gasteiger partial charge in [0.1, 0.15) is 5.82 Å². The molecule has 0 radical (unpaired) electrons. The van der Waals surface area contributed by atoms with E-state index in [1.807, 2.05) is 68.4 Å². The largest absolute Gasteiger partial charge is 0.383 e. The molecule has 0 bridgehead atoms. The molecule has 0 saturated carbocycles. The lowest BCUT2D eigenvalue weighted by atomic mass is 10.2. The molecule has 3 aromatic rings. The summed E-state index contributed by atoms with van der Waals surface area (Å²) >= 11 is 1.39. The zero-order valence-electron chi connectivity index (χ0n) is 18.3. The maximum absolute atomic E-state index is 13.3. The normalized spacial score (nSPS) is 10.8. The molecule has 3 rings (SSSR count). The van der Waals surface area contributed by atoms with Gasteiger partial charge < -0.3 is 5.73 Å². The van der Waals surface area contributed by atoms with Crippen molar-refractivity contribution < 1.29 is 4.79 Å². The predicted molar refractivity (Wildman–Crippen MR) is 130 cm³/mol. The van der Waals surface area contributed by atoms with Crippen LogP contribution in [0.2, 0.25) is 0 Å². The lowest BCUT2D eigenvalue weighted by Crippen LogP contribution is -2.41. The van der Waals surface area contributed by atoms with Crippen molar-refractivity contribution in [3.63, 3.8) is 0 Å². The number of nitrogen functional groups attached to an aromatic ring is 1. The van der Waals surface area contributed by atoms with Gasteiger partial charge in [0.05, 0.1) is 12.3 Å². The fourth-order valence-corrected chi connectivity index (χ4v) is 4.07. The molecule has 32 heavy (non-hydrogen) atoms. The smallest absolute Gasteiger partial charge is 0.330 e. The summed E-state index contributed by atoms with van der Waals surface area (Å²) in [6, 6.07) is 17.3. The number of benzene rings is 2. The molecule has 0 aliphatic heterocycles. The minimum Gasteiger partial charge on any atom is -0.383 e. The second-order valence-corrected chi connectivity index (χ2v) is 8.61. The van der Waals surface area contributed by atoms with Crippen LogP contribution in [0.4, 0.5) is 11.5 Å². The van der Waals surface area contributed by atoms with Crippen LogP contribution in [-0.4, -0.2) is 21.2 Å². The average Bonchev–Trinajstić information content (AvgIpc) is 2.78. The summed E-state index contributed by atoms with van der Waals surface area (Å²) < 4.78 is 1.33. The van der Waals surface area contributed by atoms with Crippen molar-refractivity contribution in [2.45, 2.75) is 44.7 Å². The van der Waals surface area contributed by atoms with E-state index in [1.54, 1.807) is 0 Å². The first-order valence-corrected chi connectivity index (χ1v) is 11.6. The molecule has 0 atom stereocenters. The van der Waals surface area contributed by atoms with Gasteiger partial charge in [-0.2, -0.15) is 0 Å². The number of rotatable bonds is 9. The van der Waals surface area contributed by atoms with Crippen LogP contribution in [0.5, 0.6) is 0 Å². The maximum Gasteiger partial charge on any atom is 0.330 e. The molecule has 0 fully saturated rings. The molecule has 1 amide bonds. The Balaban J connectivity index is 1.97. The van der Waals surface area contributed by atoms with Gasteiger partial charge in [0, 0.05) is 11.4 Å².